The van der Waals surface area contributed by atoms with E-state index in [1.807, 2.05) is 48.5 Å². The number of para-hydroxylation sites is 1. The SMILES string of the molecule is CCCCOc1ccc(Oc2ccccc2)cc1OCC1CO1. The fraction of sp³-hybridized carbons (Fsp3) is 0.368. The summed E-state index contributed by atoms with van der Waals surface area (Å²) in [5, 5.41) is 0. The van der Waals surface area contributed by atoms with E-state index in [2.05, 4.69) is 6.92 Å². The molecule has 0 amide bonds. The zero-order chi connectivity index (χ0) is 15.9. The van der Waals surface area contributed by atoms with Crippen molar-refractivity contribution >= 4 is 0 Å². The van der Waals surface area contributed by atoms with Crippen LogP contribution >= 0.6 is 0 Å². The molecule has 2 aromatic rings. The number of ether oxygens (including phenoxy) is 4. The number of hydrogen-bond acceptors (Lipinski definition) is 4. The lowest BCUT2D eigenvalue weighted by molar-refractivity contribution is 0.239. The summed E-state index contributed by atoms with van der Waals surface area (Å²) in [5.74, 6) is 2.97. The fourth-order valence-corrected chi connectivity index (χ4v) is 2.08. The lowest BCUT2D eigenvalue weighted by atomic mass is 10.3. The molecular formula is C19H22O4. The molecule has 1 unspecified atom stereocenters. The summed E-state index contributed by atoms with van der Waals surface area (Å²) in [5.41, 5.74) is 0. The molecule has 1 aliphatic heterocycles. The monoisotopic (exact) mass is 314 g/mol. The maximum Gasteiger partial charge on any atom is 0.165 e. The van der Waals surface area contributed by atoms with E-state index in [0.717, 1.165) is 36.7 Å². The lowest BCUT2D eigenvalue weighted by Crippen LogP contribution is -2.06. The van der Waals surface area contributed by atoms with Gasteiger partial charge < -0.3 is 18.9 Å². The quantitative estimate of drug-likeness (QED) is 0.507. The number of epoxide rings is 1. The minimum atomic E-state index is 0.206. The van der Waals surface area contributed by atoms with Crippen LogP contribution in [0.2, 0.25) is 0 Å². The predicted molar refractivity (Wildman–Crippen MR) is 88.6 cm³/mol. The molecule has 23 heavy (non-hydrogen) atoms. The van der Waals surface area contributed by atoms with Crippen LogP contribution in [0.3, 0.4) is 0 Å². The van der Waals surface area contributed by atoms with Gasteiger partial charge in [0.2, 0.25) is 0 Å². The Bertz CT molecular complexity index is 608. The van der Waals surface area contributed by atoms with Crippen LogP contribution < -0.4 is 14.2 Å². The molecule has 1 fully saturated rings. The molecular weight excluding hydrogens is 292 g/mol. The van der Waals surface area contributed by atoms with Gasteiger partial charge in [0.15, 0.2) is 11.5 Å². The fourth-order valence-electron chi connectivity index (χ4n) is 2.08. The molecule has 0 bridgehead atoms. The van der Waals surface area contributed by atoms with Gasteiger partial charge in [-0.3, -0.25) is 0 Å². The van der Waals surface area contributed by atoms with Gasteiger partial charge >= 0.3 is 0 Å². The zero-order valence-corrected chi connectivity index (χ0v) is 13.4. The first kappa shape index (κ1) is 15.7. The third-order valence-electron chi connectivity index (χ3n) is 3.48. The highest BCUT2D eigenvalue weighted by Crippen LogP contribution is 2.34. The van der Waals surface area contributed by atoms with Crippen molar-refractivity contribution in [3.8, 4) is 23.0 Å². The molecule has 122 valence electrons. The van der Waals surface area contributed by atoms with Crippen LogP contribution in [0.4, 0.5) is 0 Å². The predicted octanol–water partition coefficient (Wildman–Crippen LogP) is 4.44. The van der Waals surface area contributed by atoms with E-state index in [9.17, 15) is 0 Å². The van der Waals surface area contributed by atoms with E-state index in [0.29, 0.717) is 19.0 Å². The van der Waals surface area contributed by atoms with E-state index < -0.39 is 0 Å². The van der Waals surface area contributed by atoms with Crippen LogP contribution in [0.5, 0.6) is 23.0 Å². The Balaban J connectivity index is 1.71. The summed E-state index contributed by atoms with van der Waals surface area (Å²) in [4.78, 5) is 0. The van der Waals surface area contributed by atoms with Crippen molar-refractivity contribution in [3.05, 3.63) is 48.5 Å². The summed E-state index contributed by atoms with van der Waals surface area (Å²) >= 11 is 0. The first-order valence-electron chi connectivity index (χ1n) is 8.09. The van der Waals surface area contributed by atoms with Gasteiger partial charge in [-0.05, 0) is 30.7 Å². The number of unbranched alkanes of at least 4 members (excludes halogenated alkanes) is 1. The van der Waals surface area contributed by atoms with E-state index in [1.54, 1.807) is 0 Å². The average molecular weight is 314 g/mol. The summed E-state index contributed by atoms with van der Waals surface area (Å²) in [6.07, 6.45) is 2.33. The highest BCUT2D eigenvalue weighted by atomic mass is 16.6. The van der Waals surface area contributed by atoms with Gasteiger partial charge in [0.05, 0.1) is 13.2 Å². The Morgan fingerprint density at radius 3 is 2.57 bits per heavy atom. The molecule has 1 atom stereocenters. The first-order chi connectivity index (χ1) is 11.3. The lowest BCUT2D eigenvalue weighted by Gasteiger charge is -2.14. The third-order valence-corrected chi connectivity index (χ3v) is 3.48. The van der Waals surface area contributed by atoms with Gasteiger partial charge in [-0.15, -0.1) is 0 Å². The molecule has 4 heteroatoms. The van der Waals surface area contributed by atoms with Crippen LogP contribution in [0.1, 0.15) is 19.8 Å². The smallest absolute Gasteiger partial charge is 0.165 e. The van der Waals surface area contributed by atoms with Crippen LogP contribution in [0, 0.1) is 0 Å². The Morgan fingerprint density at radius 1 is 1.00 bits per heavy atom. The summed E-state index contributed by atoms with van der Waals surface area (Å²) in [6, 6.07) is 15.4. The van der Waals surface area contributed by atoms with Crippen molar-refractivity contribution in [2.45, 2.75) is 25.9 Å². The number of hydrogen-bond donors (Lipinski definition) is 0. The van der Waals surface area contributed by atoms with Crippen molar-refractivity contribution < 1.29 is 18.9 Å². The molecule has 0 saturated carbocycles. The molecule has 0 radical (unpaired) electrons. The van der Waals surface area contributed by atoms with Crippen LogP contribution in [0.15, 0.2) is 48.5 Å². The van der Waals surface area contributed by atoms with E-state index in [1.165, 1.54) is 0 Å². The highest BCUT2D eigenvalue weighted by molar-refractivity contribution is 5.47. The number of benzene rings is 2. The second-order valence-corrected chi connectivity index (χ2v) is 5.49. The second kappa shape index (κ2) is 7.88. The van der Waals surface area contributed by atoms with Gasteiger partial charge in [-0.2, -0.15) is 0 Å². The van der Waals surface area contributed by atoms with Crippen molar-refractivity contribution in [2.24, 2.45) is 0 Å². The standard InChI is InChI=1S/C19H22O4/c1-2-3-11-20-18-10-9-16(23-15-7-5-4-6-8-15)12-19(18)22-14-17-13-21-17/h4-10,12,17H,2-3,11,13-14H2,1H3. The van der Waals surface area contributed by atoms with Crippen molar-refractivity contribution in [1.82, 2.24) is 0 Å². The molecule has 4 nitrogen and oxygen atoms in total. The van der Waals surface area contributed by atoms with Gasteiger partial charge in [-0.25, -0.2) is 0 Å². The Kier molecular flexibility index (Phi) is 5.37. The van der Waals surface area contributed by atoms with E-state index >= 15 is 0 Å². The van der Waals surface area contributed by atoms with Gasteiger partial charge in [0, 0.05) is 6.07 Å². The number of rotatable bonds is 9. The average Bonchev–Trinajstić information content (AvgIpc) is 3.40. The second-order valence-electron chi connectivity index (χ2n) is 5.49. The van der Waals surface area contributed by atoms with Gasteiger partial charge in [0.25, 0.3) is 0 Å². The molecule has 3 rings (SSSR count). The molecule has 0 spiro atoms. The molecule has 1 aliphatic rings. The Morgan fingerprint density at radius 2 is 1.83 bits per heavy atom. The van der Waals surface area contributed by atoms with Crippen LogP contribution in [0.25, 0.3) is 0 Å². The molecule has 1 heterocycles. The maximum absolute atomic E-state index is 5.86. The largest absolute Gasteiger partial charge is 0.490 e. The minimum Gasteiger partial charge on any atom is -0.490 e. The normalized spacial score (nSPS) is 16.0. The maximum atomic E-state index is 5.86. The molecule has 0 N–H and O–H groups in total. The molecule has 1 saturated heterocycles. The highest BCUT2D eigenvalue weighted by Gasteiger charge is 2.24. The van der Waals surface area contributed by atoms with Crippen LogP contribution in [-0.4, -0.2) is 25.9 Å². The Hall–Kier alpha value is -2.20. The van der Waals surface area contributed by atoms with Gasteiger partial charge in [-0.1, -0.05) is 31.5 Å². The van der Waals surface area contributed by atoms with Gasteiger partial charge in [0.1, 0.15) is 24.2 Å². The summed E-state index contributed by atoms with van der Waals surface area (Å²) in [6.45, 7) is 4.14. The third kappa shape index (κ3) is 4.89. The minimum absolute atomic E-state index is 0.206. The topological polar surface area (TPSA) is 40.2 Å². The van der Waals surface area contributed by atoms with Crippen molar-refractivity contribution in [2.75, 3.05) is 19.8 Å². The molecule has 2 aromatic carbocycles. The van der Waals surface area contributed by atoms with Crippen molar-refractivity contribution in [3.63, 3.8) is 0 Å². The first-order valence-corrected chi connectivity index (χ1v) is 8.09. The Labute approximate surface area is 136 Å². The summed E-state index contributed by atoms with van der Waals surface area (Å²) < 4.78 is 22.7. The van der Waals surface area contributed by atoms with E-state index in [4.69, 9.17) is 18.9 Å². The summed E-state index contributed by atoms with van der Waals surface area (Å²) in [7, 11) is 0. The zero-order valence-electron chi connectivity index (χ0n) is 13.4. The van der Waals surface area contributed by atoms with Crippen LogP contribution in [-0.2, 0) is 4.74 Å². The molecule has 0 aliphatic carbocycles. The van der Waals surface area contributed by atoms with Crippen molar-refractivity contribution in [1.29, 1.82) is 0 Å². The molecule has 0 aromatic heterocycles. The van der Waals surface area contributed by atoms with E-state index in [-0.39, 0.29) is 6.10 Å².